The van der Waals surface area contributed by atoms with Crippen LogP contribution < -0.4 is 5.32 Å². The van der Waals surface area contributed by atoms with Crippen LogP contribution in [0.1, 0.15) is 11.1 Å². The van der Waals surface area contributed by atoms with E-state index < -0.39 is 0 Å². The SMILES string of the molecule is Cc1cc(Cl)ccc1CNc1cc(F)ccc1Cl. The van der Waals surface area contributed by atoms with Crippen molar-refractivity contribution in [3.63, 3.8) is 0 Å². The Morgan fingerprint density at radius 1 is 1.11 bits per heavy atom. The summed E-state index contributed by atoms with van der Waals surface area (Å²) in [5, 5.41) is 4.33. The second-order valence-electron chi connectivity index (χ2n) is 4.05. The molecular formula is C14H12Cl2FN. The highest BCUT2D eigenvalue weighted by Crippen LogP contribution is 2.24. The van der Waals surface area contributed by atoms with Crippen molar-refractivity contribution in [2.45, 2.75) is 13.5 Å². The molecule has 0 spiro atoms. The average molecular weight is 284 g/mol. The van der Waals surface area contributed by atoms with Crippen molar-refractivity contribution in [1.82, 2.24) is 0 Å². The quantitative estimate of drug-likeness (QED) is 0.831. The van der Waals surface area contributed by atoms with Crippen molar-refractivity contribution in [2.75, 3.05) is 5.32 Å². The minimum atomic E-state index is -0.310. The molecule has 0 atom stereocenters. The Morgan fingerprint density at radius 2 is 1.89 bits per heavy atom. The molecule has 0 amide bonds. The van der Waals surface area contributed by atoms with Gasteiger partial charge in [-0.15, -0.1) is 0 Å². The lowest BCUT2D eigenvalue weighted by molar-refractivity contribution is 0.628. The molecule has 0 unspecified atom stereocenters. The highest BCUT2D eigenvalue weighted by Gasteiger charge is 2.03. The van der Waals surface area contributed by atoms with E-state index in [1.807, 2.05) is 25.1 Å². The van der Waals surface area contributed by atoms with Gasteiger partial charge in [-0.1, -0.05) is 29.3 Å². The zero-order valence-electron chi connectivity index (χ0n) is 9.81. The van der Waals surface area contributed by atoms with Crippen molar-refractivity contribution < 1.29 is 4.39 Å². The molecule has 0 fully saturated rings. The Balaban J connectivity index is 2.13. The van der Waals surface area contributed by atoms with Crippen LogP contribution in [0.5, 0.6) is 0 Å². The van der Waals surface area contributed by atoms with Crippen LogP contribution in [0, 0.1) is 12.7 Å². The van der Waals surface area contributed by atoms with Gasteiger partial charge in [0.05, 0.1) is 10.7 Å². The maximum absolute atomic E-state index is 13.1. The maximum Gasteiger partial charge on any atom is 0.125 e. The summed E-state index contributed by atoms with van der Waals surface area (Å²) in [4.78, 5) is 0. The molecule has 0 saturated heterocycles. The summed E-state index contributed by atoms with van der Waals surface area (Å²) in [6.45, 7) is 2.56. The number of nitrogens with one attached hydrogen (secondary N) is 1. The normalized spacial score (nSPS) is 10.4. The van der Waals surface area contributed by atoms with Gasteiger partial charge in [0.2, 0.25) is 0 Å². The lowest BCUT2D eigenvalue weighted by atomic mass is 10.1. The van der Waals surface area contributed by atoms with Gasteiger partial charge in [-0.3, -0.25) is 0 Å². The topological polar surface area (TPSA) is 12.0 Å². The Bertz CT molecular complexity index is 570. The van der Waals surface area contributed by atoms with Gasteiger partial charge >= 0.3 is 0 Å². The fourth-order valence-electron chi connectivity index (χ4n) is 1.68. The second kappa shape index (κ2) is 5.59. The molecular weight excluding hydrogens is 272 g/mol. The summed E-state index contributed by atoms with van der Waals surface area (Å²) in [6.07, 6.45) is 0. The largest absolute Gasteiger partial charge is 0.380 e. The number of rotatable bonds is 3. The summed E-state index contributed by atoms with van der Waals surface area (Å²) in [6, 6.07) is 9.92. The maximum atomic E-state index is 13.1. The third kappa shape index (κ3) is 3.15. The first-order valence-corrected chi connectivity index (χ1v) is 6.26. The predicted molar refractivity (Wildman–Crippen MR) is 74.9 cm³/mol. The van der Waals surface area contributed by atoms with E-state index in [-0.39, 0.29) is 5.82 Å². The number of hydrogen-bond donors (Lipinski definition) is 1. The van der Waals surface area contributed by atoms with Gasteiger partial charge in [0, 0.05) is 11.6 Å². The van der Waals surface area contributed by atoms with Crippen LogP contribution in [0.4, 0.5) is 10.1 Å². The van der Waals surface area contributed by atoms with E-state index in [1.54, 1.807) is 0 Å². The fourth-order valence-corrected chi connectivity index (χ4v) is 2.09. The van der Waals surface area contributed by atoms with Crippen molar-refractivity contribution in [3.8, 4) is 0 Å². The molecule has 2 aromatic carbocycles. The smallest absolute Gasteiger partial charge is 0.125 e. The number of benzene rings is 2. The molecule has 2 rings (SSSR count). The summed E-state index contributed by atoms with van der Waals surface area (Å²) < 4.78 is 13.1. The van der Waals surface area contributed by atoms with Gasteiger partial charge in [0.25, 0.3) is 0 Å². The Kier molecular flexibility index (Phi) is 4.10. The number of anilines is 1. The van der Waals surface area contributed by atoms with Crippen LogP contribution in [0.2, 0.25) is 10.0 Å². The summed E-state index contributed by atoms with van der Waals surface area (Å²) >= 11 is 11.9. The molecule has 0 aliphatic rings. The zero-order valence-corrected chi connectivity index (χ0v) is 11.3. The zero-order chi connectivity index (χ0) is 13.1. The molecule has 0 aliphatic carbocycles. The molecule has 0 aliphatic heterocycles. The first-order chi connectivity index (χ1) is 8.56. The molecule has 0 heterocycles. The first-order valence-electron chi connectivity index (χ1n) is 5.50. The van der Waals surface area contributed by atoms with Crippen molar-refractivity contribution >= 4 is 28.9 Å². The van der Waals surface area contributed by atoms with Crippen LogP contribution in [0.3, 0.4) is 0 Å². The van der Waals surface area contributed by atoms with Crippen LogP contribution in [-0.2, 0) is 6.54 Å². The van der Waals surface area contributed by atoms with Gasteiger partial charge in [-0.25, -0.2) is 4.39 Å². The molecule has 18 heavy (non-hydrogen) atoms. The fraction of sp³-hybridized carbons (Fsp3) is 0.143. The van der Waals surface area contributed by atoms with Crippen molar-refractivity contribution in [3.05, 3.63) is 63.4 Å². The van der Waals surface area contributed by atoms with E-state index in [9.17, 15) is 4.39 Å². The molecule has 0 saturated carbocycles. The van der Waals surface area contributed by atoms with Crippen LogP contribution in [-0.4, -0.2) is 0 Å². The minimum absolute atomic E-state index is 0.310. The number of hydrogen-bond acceptors (Lipinski definition) is 1. The van der Waals surface area contributed by atoms with Crippen LogP contribution >= 0.6 is 23.2 Å². The first kappa shape index (κ1) is 13.2. The van der Waals surface area contributed by atoms with E-state index in [4.69, 9.17) is 23.2 Å². The molecule has 0 aromatic heterocycles. The van der Waals surface area contributed by atoms with Gasteiger partial charge in [-0.05, 0) is 48.4 Å². The Labute approximate surface area is 116 Å². The molecule has 1 N–H and O–H groups in total. The second-order valence-corrected chi connectivity index (χ2v) is 4.89. The van der Waals surface area contributed by atoms with E-state index in [2.05, 4.69) is 5.32 Å². The highest BCUT2D eigenvalue weighted by molar-refractivity contribution is 6.33. The van der Waals surface area contributed by atoms with Crippen LogP contribution in [0.25, 0.3) is 0 Å². The molecule has 1 nitrogen and oxygen atoms in total. The van der Waals surface area contributed by atoms with Crippen molar-refractivity contribution in [2.24, 2.45) is 0 Å². The molecule has 2 aromatic rings. The van der Waals surface area contributed by atoms with Gasteiger partial charge < -0.3 is 5.32 Å². The Hall–Kier alpha value is -1.25. The number of halogens is 3. The van der Waals surface area contributed by atoms with E-state index in [0.29, 0.717) is 22.3 Å². The van der Waals surface area contributed by atoms with E-state index in [0.717, 1.165) is 11.1 Å². The van der Waals surface area contributed by atoms with Gasteiger partial charge in [0.15, 0.2) is 0 Å². The number of aryl methyl sites for hydroxylation is 1. The lowest BCUT2D eigenvalue weighted by Gasteiger charge is -2.10. The van der Waals surface area contributed by atoms with E-state index >= 15 is 0 Å². The van der Waals surface area contributed by atoms with Crippen molar-refractivity contribution in [1.29, 1.82) is 0 Å². The third-order valence-electron chi connectivity index (χ3n) is 2.70. The van der Waals surface area contributed by atoms with Crippen LogP contribution in [0.15, 0.2) is 36.4 Å². The molecule has 0 radical (unpaired) electrons. The molecule has 0 bridgehead atoms. The third-order valence-corrected chi connectivity index (χ3v) is 3.27. The summed E-state index contributed by atoms with van der Waals surface area (Å²) in [7, 11) is 0. The highest BCUT2D eigenvalue weighted by atomic mass is 35.5. The average Bonchev–Trinajstić information content (AvgIpc) is 2.32. The minimum Gasteiger partial charge on any atom is -0.380 e. The van der Waals surface area contributed by atoms with Gasteiger partial charge in [-0.2, -0.15) is 0 Å². The molecule has 94 valence electrons. The van der Waals surface area contributed by atoms with Gasteiger partial charge in [0.1, 0.15) is 5.82 Å². The summed E-state index contributed by atoms with van der Waals surface area (Å²) in [5.41, 5.74) is 2.77. The molecule has 4 heteroatoms. The monoisotopic (exact) mass is 283 g/mol. The lowest BCUT2D eigenvalue weighted by Crippen LogP contribution is -2.02. The standard InChI is InChI=1S/C14H12Cl2FN/c1-9-6-11(15)3-2-10(9)8-18-14-7-12(17)4-5-13(14)16/h2-7,18H,8H2,1H3. The predicted octanol–water partition coefficient (Wildman–Crippen LogP) is 5.05. The Morgan fingerprint density at radius 3 is 2.61 bits per heavy atom. The van der Waals surface area contributed by atoms with E-state index in [1.165, 1.54) is 18.2 Å². The summed E-state index contributed by atoms with van der Waals surface area (Å²) in [5.74, 6) is -0.310.